The zero-order chi connectivity index (χ0) is 6.91. The average Bonchev–Trinajstić information content (AvgIpc) is 1.60. The summed E-state index contributed by atoms with van der Waals surface area (Å²) in [6.07, 6.45) is 1.17. The van der Waals surface area contributed by atoms with Crippen LogP contribution in [0.2, 0.25) is 0 Å². The van der Waals surface area contributed by atoms with Crippen molar-refractivity contribution >= 4 is 11.9 Å². The fourth-order valence-corrected chi connectivity index (χ4v) is 1.80. The van der Waals surface area contributed by atoms with Gasteiger partial charge in [-0.1, -0.05) is 17.5 Å². The molecular formula is C7H13NS. The Labute approximate surface area is 61.0 Å². The lowest BCUT2D eigenvalue weighted by atomic mass is 9.98. The van der Waals surface area contributed by atoms with Crippen LogP contribution in [-0.4, -0.2) is 5.54 Å². The van der Waals surface area contributed by atoms with Gasteiger partial charge in [-0.15, -0.1) is 0 Å². The minimum atomic E-state index is 0.295. The predicted molar refractivity (Wildman–Crippen MR) is 43.2 cm³/mol. The van der Waals surface area contributed by atoms with Crippen LogP contribution in [0, 0.1) is 0 Å². The van der Waals surface area contributed by atoms with E-state index in [1.165, 1.54) is 12.0 Å². The summed E-state index contributed by atoms with van der Waals surface area (Å²) in [5.41, 5.74) is 1.77. The van der Waals surface area contributed by atoms with E-state index >= 15 is 0 Å². The SMILES string of the molecule is CC1=CSNC(C)(C)C1. The lowest BCUT2D eigenvalue weighted by Gasteiger charge is -2.28. The van der Waals surface area contributed by atoms with Crippen molar-refractivity contribution < 1.29 is 0 Å². The first-order valence-corrected chi connectivity index (χ1v) is 4.07. The molecule has 0 aromatic carbocycles. The summed E-state index contributed by atoms with van der Waals surface area (Å²) >= 11 is 1.70. The topological polar surface area (TPSA) is 12.0 Å². The van der Waals surface area contributed by atoms with Gasteiger partial charge in [-0.05, 0) is 32.6 Å². The van der Waals surface area contributed by atoms with Crippen LogP contribution in [-0.2, 0) is 0 Å². The molecule has 0 aliphatic carbocycles. The van der Waals surface area contributed by atoms with E-state index < -0.39 is 0 Å². The normalized spacial score (nSPS) is 25.4. The van der Waals surface area contributed by atoms with Crippen molar-refractivity contribution in [3.05, 3.63) is 11.0 Å². The molecule has 1 rings (SSSR count). The van der Waals surface area contributed by atoms with Gasteiger partial charge in [0.1, 0.15) is 0 Å². The Bertz CT molecular complexity index is 138. The Kier molecular flexibility index (Phi) is 1.87. The van der Waals surface area contributed by atoms with Crippen LogP contribution in [0.3, 0.4) is 0 Å². The molecule has 9 heavy (non-hydrogen) atoms. The van der Waals surface area contributed by atoms with Gasteiger partial charge in [0, 0.05) is 5.54 Å². The van der Waals surface area contributed by atoms with Crippen molar-refractivity contribution in [2.24, 2.45) is 0 Å². The van der Waals surface area contributed by atoms with Gasteiger partial charge in [0.05, 0.1) is 0 Å². The Balaban J connectivity index is 2.59. The number of nitrogens with one attached hydrogen (secondary N) is 1. The van der Waals surface area contributed by atoms with E-state index in [4.69, 9.17) is 0 Å². The Morgan fingerprint density at radius 2 is 2.33 bits per heavy atom. The molecule has 0 bridgehead atoms. The molecule has 1 aliphatic heterocycles. The first kappa shape index (κ1) is 7.16. The maximum atomic E-state index is 3.33. The smallest absolute Gasteiger partial charge is 0.0267 e. The van der Waals surface area contributed by atoms with Crippen molar-refractivity contribution in [3.8, 4) is 0 Å². The summed E-state index contributed by atoms with van der Waals surface area (Å²) in [5.74, 6) is 0. The third-order valence-electron chi connectivity index (χ3n) is 1.32. The zero-order valence-electron chi connectivity index (χ0n) is 6.19. The van der Waals surface area contributed by atoms with Crippen LogP contribution in [0.1, 0.15) is 27.2 Å². The maximum Gasteiger partial charge on any atom is 0.0267 e. The van der Waals surface area contributed by atoms with Crippen LogP contribution >= 0.6 is 11.9 Å². The zero-order valence-corrected chi connectivity index (χ0v) is 7.01. The van der Waals surface area contributed by atoms with Crippen molar-refractivity contribution in [3.63, 3.8) is 0 Å². The van der Waals surface area contributed by atoms with E-state index in [2.05, 4.69) is 30.9 Å². The predicted octanol–water partition coefficient (Wildman–Crippen LogP) is 2.31. The van der Waals surface area contributed by atoms with E-state index in [-0.39, 0.29) is 0 Å². The van der Waals surface area contributed by atoms with E-state index in [1.807, 2.05) is 0 Å². The van der Waals surface area contributed by atoms with Crippen LogP contribution < -0.4 is 4.72 Å². The molecule has 0 unspecified atom stereocenters. The van der Waals surface area contributed by atoms with E-state index in [9.17, 15) is 0 Å². The quantitative estimate of drug-likeness (QED) is 0.522. The Hall–Kier alpha value is 0.0500. The maximum absolute atomic E-state index is 3.33. The van der Waals surface area contributed by atoms with Gasteiger partial charge in [0.15, 0.2) is 0 Å². The monoisotopic (exact) mass is 143 g/mol. The summed E-state index contributed by atoms with van der Waals surface area (Å²) in [7, 11) is 0. The van der Waals surface area contributed by atoms with Gasteiger partial charge in [-0.2, -0.15) is 0 Å². The second-order valence-electron chi connectivity index (χ2n) is 3.24. The molecule has 0 saturated heterocycles. The summed E-state index contributed by atoms with van der Waals surface area (Å²) in [6.45, 7) is 6.61. The van der Waals surface area contributed by atoms with Crippen LogP contribution in [0.5, 0.6) is 0 Å². The van der Waals surface area contributed by atoms with Gasteiger partial charge >= 0.3 is 0 Å². The molecule has 0 atom stereocenters. The largest absolute Gasteiger partial charge is 0.254 e. The molecule has 0 fully saturated rings. The van der Waals surface area contributed by atoms with Gasteiger partial charge in [0.25, 0.3) is 0 Å². The summed E-state index contributed by atoms with van der Waals surface area (Å²) in [5, 5.41) is 2.17. The average molecular weight is 143 g/mol. The van der Waals surface area contributed by atoms with Crippen molar-refractivity contribution in [1.82, 2.24) is 4.72 Å². The van der Waals surface area contributed by atoms with E-state index in [0.29, 0.717) is 5.54 Å². The van der Waals surface area contributed by atoms with E-state index in [0.717, 1.165) is 0 Å². The minimum absolute atomic E-state index is 0.295. The molecule has 0 radical (unpaired) electrons. The summed E-state index contributed by atoms with van der Waals surface area (Å²) < 4.78 is 3.33. The fourth-order valence-electron chi connectivity index (χ4n) is 1.06. The van der Waals surface area contributed by atoms with E-state index in [1.54, 1.807) is 11.9 Å². The van der Waals surface area contributed by atoms with Crippen LogP contribution in [0.4, 0.5) is 0 Å². The lowest BCUT2D eigenvalue weighted by Crippen LogP contribution is -2.35. The third kappa shape index (κ3) is 2.03. The first-order valence-electron chi connectivity index (χ1n) is 3.19. The van der Waals surface area contributed by atoms with Gasteiger partial charge in [-0.25, -0.2) is 0 Å². The molecule has 1 N–H and O–H groups in total. The highest BCUT2D eigenvalue weighted by atomic mass is 32.2. The molecular weight excluding hydrogens is 130 g/mol. The fraction of sp³-hybridized carbons (Fsp3) is 0.714. The van der Waals surface area contributed by atoms with Crippen molar-refractivity contribution in [2.45, 2.75) is 32.7 Å². The van der Waals surface area contributed by atoms with Crippen molar-refractivity contribution in [2.75, 3.05) is 0 Å². The highest BCUT2D eigenvalue weighted by molar-refractivity contribution is 8.00. The molecule has 0 aromatic rings. The first-order chi connectivity index (χ1) is 4.10. The van der Waals surface area contributed by atoms with Gasteiger partial charge < -0.3 is 0 Å². The van der Waals surface area contributed by atoms with Crippen LogP contribution in [0.25, 0.3) is 0 Å². The molecule has 0 saturated carbocycles. The molecule has 1 nitrogen and oxygen atoms in total. The van der Waals surface area contributed by atoms with Gasteiger partial charge in [-0.3, -0.25) is 4.72 Å². The molecule has 0 aromatic heterocycles. The lowest BCUT2D eigenvalue weighted by molar-refractivity contribution is 0.473. The molecule has 0 amide bonds. The molecule has 52 valence electrons. The third-order valence-corrected chi connectivity index (χ3v) is 2.51. The van der Waals surface area contributed by atoms with Gasteiger partial charge in [0.2, 0.25) is 0 Å². The molecule has 1 aliphatic rings. The minimum Gasteiger partial charge on any atom is -0.254 e. The summed E-state index contributed by atoms with van der Waals surface area (Å²) in [4.78, 5) is 0. The van der Waals surface area contributed by atoms with Crippen LogP contribution in [0.15, 0.2) is 11.0 Å². The van der Waals surface area contributed by atoms with Crippen molar-refractivity contribution in [1.29, 1.82) is 0 Å². The molecule has 2 heteroatoms. The molecule has 0 spiro atoms. The number of hydrogen-bond donors (Lipinski definition) is 1. The summed E-state index contributed by atoms with van der Waals surface area (Å²) in [6, 6.07) is 0. The highest BCUT2D eigenvalue weighted by Gasteiger charge is 2.20. The second-order valence-corrected chi connectivity index (χ2v) is 3.92. The second kappa shape index (κ2) is 2.35. The Morgan fingerprint density at radius 3 is 2.67 bits per heavy atom. The Morgan fingerprint density at radius 1 is 1.67 bits per heavy atom. The number of hydrogen-bond acceptors (Lipinski definition) is 2. The highest BCUT2D eigenvalue weighted by Crippen LogP contribution is 2.25. The number of rotatable bonds is 0. The standard InChI is InChI=1S/C7H13NS/c1-6-4-7(2,3)8-9-5-6/h5,8H,4H2,1-3H3. The molecule has 1 heterocycles.